The SMILES string of the molecule is c1ccc(C2(C3CC3)CO2)cc1. The normalized spacial score (nSPS) is 33.3. The fourth-order valence-electron chi connectivity index (χ4n) is 1.99. The van der Waals surface area contributed by atoms with Crippen LogP contribution in [0.25, 0.3) is 0 Å². The van der Waals surface area contributed by atoms with Crippen molar-refractivity contribution >= 4 is 0 Å². The maximum atomic E-state index is 5.61. The van der Waals surface area contributed by atoms with E-state index in [-0.39, 0.29) is 5.60 Å². The lowest BCUT2D eigenvalue weighted by Gasteiger charge is -2.09. The first-order chi connectivity index (χ1) is 5.92. The van der Waals surface area contributed by atoms with Crippen LogP contribution in [0.5, 0.6) is 0 Å². The van der Waals surface area contributed by atoms with Crippen LogP contribution < -0.4 is 0 Å². The smallest absolute Gasteiger partial charge is 0.119 e. The van der Waals surface area contributed by atoms with Gasteiger partial charge in [-0.3, -0.25) is 0 Å². The predicted molar refractivity (Wildman–Crippen MR) is 46.8 cm³/mol. The van der Waals surface area contributed by atoms with Crippen molar-refractivity contribution in [1.29, 1.82) is 0 Å². The third-order valence-electron chi connectivity index (χ3n) is 2.95. The van der Waals surface area contributed by atoms with E-state index in [1.807, 2.05) is 0 Å². The molecule has 1 heterocycles. The number of hydrogen-bond acceptors (Lipinski definition) is 1. The van der Waals surface area contributed by atoms with Crippen molar-refractivity contribution in [2.45, 2.75) is 18.4 Å². The zero-order chi connectivity index (χ0) is 8.02. The number of epoxide rings is 1. The van der Waals surface area contributed by atoms with Crippen molar-refractivity contribution in [2.24, 2.45) is 5.92 Å². The van der Waals surface area contributed by atoms with E-state index in [0.717, 1.165) is 12.5 Å². The molecule has 1 saturated heterocycles. The van der Waals surface area contributed by atoms with Gasteiger partial charge in [0.15, 0.2) is 0 Å². The lowest BCUT2D eigenvalue weighted by Crippen LogP contribution is -2.10. The molecule has 1 aromatic rings. The first-order valence-corrected chi connectivity index (χ1v) is 4.61. The second kappa shape index (κ2) is 2.11. The van der Waals surface area contributed by atoms with E-state index in [2.05, 4.69) is 30.3 Å². The first-order valence-electron chi connectivity index (χ1n) is 4.61. The Morgan fingerprint density at radius 2 is 1.83 bits per heavy atom. The third kappa shape index (κ3) is 0.831. The number of ether oxygens (including phenoxy) is 1. The third-order valence-corrected chi connectivity index (χ3v) is 2.95. The average Bonchev–Trinajstić information content (AvgIpc) is 2.99. The van der Waals surface area contributed by atoms with Crippen molar-refractivity contribution in [3.05, 3.63) is 35.9 Å². The van der Waals surface area contributed by atoms with Crippen LogP contribution in [0.15, 0.2) is 30.3 Å². The second-order valence-electron chi connectivity index (χ2n) is 3.82. The molecule has 1 aliphatic heterocycles. The maximum Gasteiger partial charge on any atom is 0.119 e. The molecule has 1 saturated carbocycles. The lowest BCUT2D eigenvalue weighted by atomic mass is 9.95. The Hall–Kier alpha value is -0.820. The summed E-state index contributed by atoms with van der Waals surface area (Å²) >= 11 is 0. The molecule has 1 aromatic carbocycles. The standard InChI is InChI=1S/C11H12O/c1-2-4-9(5-3-1)11(8-12-11)10-6-7-10/h1-5,10H,6-8H2. The lowest BCUT2D eigenvalue weighted by molar-refractivity contribution is 0.278. The van der Waals surface area contributed by atoms with Gasteiger partial charge in [0.2, 0.25) is 0 Å². The van der Waals surface area contributed by atoms with E-state index in [9.17, 15) is 0 Å². The Morgan fingerprint density at radius 3 is 2.33 bits per heavy atom. The molecule has 1 unspecified atom stereocenters. The molecule has 12 heavy (non-hydrogen) atoms. The van der Waals surface area contributed by atoms with Crippen molar-refractivity contribution in [2.75, 3.05) is 6.61 Å². The zero-order valence-corrected chi connectivity index (χ0v) is 6.99. The minimum Gasteiger partial charge on any atom is -0.364 e. The van der Waals surface area contributed by atoms with E-state index in [0.29, 0.717) is 0 Å². The Labute approximate surface area is 72.4 Å². The highest BCUT2D eigenvalue weighted by Crippen LogP contribution is 2.55. The molecule has 0 amide bonds. The number of rotatable bonds is 2. The van der Waals surface area contributed by atoms with Gasteiger partial charge in [-0.05, 0) is 24.3 Å². The van der Waals surface area contributed by atoms with Crippen LogP contribution in [-0.2, 0) is 10.3 Å². The molecule has 1 heteroatoms. The summed E-state index contributed by atoms with van der Waals surface area (Å²) in [6, 6.07) is 10.6. The summed E-state index contributed by atoms with van der Waals surface area (Å²) in [4.78, 5) is 0. The Morgan fingerprint density at radius 1 is 1.17 bits per heavy atom. The van der Waals surface area contributed by atoms with Crippen LogP contribution in [0.4, 0.5) is 0 Å². The average molecular weight is 160 g/mol. The quantitative estimate of drug-likeness (QED) is 0.605. The van der Waals surface area contributed by atoms with E-state index in [1.165, 1.54) is 18.4 Å². The monoisotopic (exact) mass is 160 g/mol. The second-order valence-corrected chi connectivity index (χ2v) is 3.82. The van der Waals surface area contributed by atoms with Crippen LogP contribution in [0.1, 0.15) is 18.4 Å². The summed E-state index contributed by atoms with van der Waals surface area (Å²) in [6.45, 7) is 0.946. The summed E-state index contributed by atoms with van der Waals surface area (Å²) < 4.78 is 5.61. The Bertz CT molecular complexity index is 283. The highest BCUT2D eigenvalue weighted by molar-refractivity contribution is 5.29. The van der Waals surface area contributed by atoms with Gasteiger partial charge >= 0.3 is 0 Å². The van der Waals surface area contributed by atoms with Gasteiger partial charge in [-0.2, -0.15) is 0 Å². The molecule has 62 valence electrons. The topological polar surface area (TPSA) is 12.5 Å². The van der Waals surface area contributed by atoms with E-state index < -0.39 is 0 Å². The van der Waals surface area contributed by atoms with Crippen molar-refractivity contribution < 1.29 is 4.74 Å². The maximum absolute atomic E-state index is 5.61. The van der Waals surface area contributed by atoms with E-state index in [1.54, 1.807) is 0 Å². The molecule has 2 aliphatic rings. The molecule has 0 radical (unpaired) electrons. The molecule has 1 nitrogen and oxygen atoms in total. The van der Waals surface area contributed by atoms with Crippen LogP contribution in [0.3, 0.4) is 0 Å². The Kier molecular flexibility index (Phi) is 1.17. The van der Waals surface area contributed by atoms with Crippen LogP contribution >= 0.6 is 0 Å². The predicted octanol–water partition coefficient (Wildman–Crippen LogP) is 2.32. The van der Waals surface area contributed by atoms with Gasteiger partial charge in [-0.25, -0.2) is 0 Å². The van der Waals surface area contributed by atoms with Crippen LogP contribution in [0.2, 0.25) is 0 Å². The fraction of sp³-hybridized carbons (Fsp3) is 0.455. The molecule has 1 atom stereocenters. The summed E-state index contributed by atoms with van der Waals surface area (Å²) in [5, 5.41) is 0. The highest BCUT2D eigenvalue weighted by atomic mass is 16.6. The molecule has 0 aromatic heterocycles. The molecule has 2 fully saturated rings. The molecular weight excluding hydrogens is 148 g/mol. The van der Waals surface area contributed by atoms with Crippen LogP contribution in [0, 0.1) is 5.92 Å². The van der Waals surface area contributed by atoms with Crippen molar-refractivity contribution in [1.82, 2.24) is 0 Å². The van der Waals surface area contributed by atoms with Gasteiger partial charge in [-0.1, -0.05) is 30.3 Å². The van der Waals surface area contributed by atoms with Gasteiger partial charge in [0.1, 0.15) is 5.60 Å². The van der Waals surface area contributed by atoms with Crippen LogP contribution in [-0.4, -0.2) is 6.61 Å². The van der Waals surface area contributed by atoms with Gasteiger partial charge < -0.3 is 4.74 Å². The fourth-order valence-corrected chi connectivity index (χ4v) is 1.99. The number of benzene rings is 1. The number of hydrogen-bond donors (Lipinski definition) is 0. The van der Waals surface area contributed by atoms with E-state index >= 15 is 0 Å². The van der Waals surface area contributed by atoms with E-state index in [4.69, 9.17) is 4.74 Å². The minimum absolute atomic E-state index is 0.154. The van der Waals surface area contributed by atoms with Crippen molar-refractivity contribution in [3.63, 3.8) is 0 Å². The molecule has 0 N–H and O–H groups in total. The van der Waals surface area contributed by atoms with Crippen molar-refractivity contribution in [3.8, 4) is 0 Å². The largest absolute Gasteiger partial charge is 0.364 e. The molecule has 3 rings (SSSR count). The van der Waals surface area contributed by atoms with Gasteiger partial charge in [0.25, 0.3) is 0 Å². The zero-order valence-electron chi connectivity index (χ0n) is 6.99. The molecule has 0 bridgehead atoms. The Balaban J connectivity index is 1.97. The molecular formula is C11H12O. The summed E-state index contributed by atoms with van der Waals surface area (Å²) in [5.41, 5.74) is 1.54. The molecule has 1 aliphatic carbocycles. The first kappa shape index (κ1) is 6.67. The highest BCUT2D eigenvalue weighted by Gasteiger charge is 2.57. The minimum atomic E-state index is 0.154. The summed E-state index contributed by atoms with van der Waals surface area (Å²) in [6.07, 6.45) is 2.71. The van der Waals surface area contributed by atoms with Gasteiger partial charge in [0.05, 0.1) is 6.61 Å². The summed E-state index contributed by atoms with van der Waals surface area (Å²) in [5.74, 6) is 0.819. The van der Waals surface area contributed by atoms with Gasteiger partial charge in [-0.15, -0.1) is 0 Å². The summed E-state index contributed by atoms with van der Waals surface area (Å²) in [7, 11) is 0. The van der Waals surface area contributed by atoms with Gasteiger partial charge in [0, 0.05) is 0 Å². The molecule has 0 spiro atoms.